The van der Waals surface area contributed by atoms with E-state index in [0.29, 0.717) is 5.69 Å². The number of piperidine rings is 1. The van der Waals surface area contributed by atoms with E-state index in [1.807, 2.05) is 65.0 Å². The highest BCUT2D eigenvalue weighted by atomic mass is 16.1. The average molecular weight is 416 g/mol. The number of hydrogen-bond donors (Lipinski definition) is 1. The first-order valence-electron chi connectivity index (χ1n) is 10.6. The SMILES string of the molecule is Cn1ccnc1CN1CCC(C(=O)Nc2ccc(-n3cnc4ccccc43)nc2)CC1. The first-order valence-corrected chi connectivity index (χ1v) is 10.6. The van der Waals surface area contributed by atoms with Crippen molar-refractivity contribution in [2.24, 2.45) is 13.0 Å². The van der Waals surface area contributed by atoms with Crippen LogP contribution in [0.5, 0.6) is 0 Å². The molecule has 3 aromatic heterocycles. The summed E-state index contributed by atoms with van der Waals surface area (Å²) in [6, 6.07) is 11.7. The highest BCUT2D eigenvalue weighted by Gasteiger charge is 2.25. The van der Waals surface area contributed by atoms with Crippen molar-refractivity contribution < 1.29 is 4.79 Å². The Bertz CT molecular complexity index is 1190. The Labute approximate surface area is 180 Å². The molecular formula is C23H25N7O. The molecule has 0 saturated carbocycles. The summed E-state index contributed by atoms with van der Waals surface area (Å²) < 4.78 is 3.99. The number of pyridine rings is 1. The predicted octanol–water partition coefficient (Wildman–Crippen LogP) is 3.00. The van der Waals surface area contributed by atoms with Crippen LogP contribution in [0, 0.1) is 5.92 Å². The van der Waals surface area contributed by atoms with Crippen molar-refractivity contribution in [3.05, 3.63) is 67.1 Å². The summed E-state index contributed by atoms with van der Waals surface area (Å²) in [5.74, 6) is 1.92. The average Bonchev–Trinajstić information content (AvgIpc) is 3.41. The van der Waals surface area contributed by atoms with Crippen LogP contribution in [0.4, 0.5) is 5.69 Å². The number of para-hydroxylation sites is 2. The van der Waals surface area contributed by atoms with E-state index in [4.69, 9.17) is 0 Å². The van der Waals surface area contributed by atoms with E-state index >= 15 is 0 Å². The molecule has 0 radical (unpaired) electrons. The second-order valence-corrected chi connectivity index (χ2v) is 8.00. The Hall–Kier alpha value is -3.52. The Morgan fingerprint density at radius 1 is 1.10 bits per heavy atom. The second-order valence-electron chi connectivity index (χ2n) is 8.00. The van der Waals surface area contributed by atoms with Crippen LogP contribution in [-0.2, 0) is 18.4 Å². The fourth-order valence-electron chi connectivity index (χ4n) is 4.09. The van der Waals surface area contributed by atoms with Crippen LogP contribution in [0.2, 0.25) is 0 Å². The number of carbonyl (C=O) groups excluding carboxylic acids is 1. The zero-order valence-corrected chi connectivity index (χ0v) is 17.5. The molecule has 1 aliphatic heterocycles. The van der Waals surface area contributed by atoms with Crippen molar-refractivity contribution in [2.45, 2.75) is 19.4 Å². The van der Waals surface area contributed by atoms with Gasteiger partial charge in [-0.2, -0.15) is 0 Å². The molecule has 31 heavy (non-hydrogen) atoms. The molecule has 0 bridgehead atoms. The maximum absolute atomic E-state index is 12.7. The summed E-state index contributed by atoms with van der Waals surface area (Å²) in [7, 11) is 2.01. The molecule has 1 fully saturated rings. The number of hydrogen-bond acceptors (Lipinski definition) is 5. The summed E-state index contributed by atoms with van der Waals surface area (Å²) in [6.45, 7) is 2.62. The summed E-state index contributed by atoms with van der Waals surface area (Å²) in [6.07, 6.45) is 8.96. The predicted molar refractivity (Wildman–Crippen MR) is 119 cm³/mol. The first-order chi connectivity index (χ1) is 15.2. The van der Waals surface area contributed by atoms with Crippen molar-refractivity contribution in [2.75, 3.05) is 18.4 Å². The fraction of sp³-hybridized carbons (Fsp3) is 0.304. The molecular weight excluding hydrogens is 390 g/mol. The summed E-state index contributed by atoms with van der Waals surface area (Å²) in [4.78, 5) is 28.4. The molecule has 1 aromatic carbocycles. The zero-order valence-electron chi connectivity index (χ0n) is 17.5. The number of aromatic nitrogens is 5. The number of nitrogens with one attached hydrogen (secondary N) is 1. The fourth-order valence-corrected chi connectivity index (χ4v) is 4.09. The van der Waals surface area contributed by atoms with Crippen LogP contribution in [0.25, 0.3) is 16.9 Å². The number of fused-ring (bicyclic) bond motifs is 1. The Kier molecular flexibility index (Phi) is 5.21. The minimum absolute atomic E-state index is 0.0230. The van der Waals surface area contributed by atoms with Gasteiger partial charge in [0.15, 0.2) is 0 Å². The summed E-state index contributed by atoms with van der Waals surface area (Å²) in [5, 5.41) is 3.03. The van der Waals surface area contributed by atoms with Crippen molar-refractivity contribution >= 4 is 22.6 Å². The lowest BCUT2D eigenvalue weighted by atomic mass is 9.96. The monoisotopic (exact) mass is 415 g/mol. The molecule has 4 heterocycles. The Balaban J connectivity index is 1.18. The number of likely N-dealkylation sites (tertiary alicyclic amines) is 1. The number of imidazole rings is 2. The third-order valence-electron chi connectivity index (χ3n) is 5.96. The standard InChI is InChI=1S/C23H25N7O/c1-28-13-10-24-22(28)15-29-11-8-17(9-12-29)23(31)27-18-6-7-21(25-14-18)30-16-26-19-4-2-3-5-20(19)30/h2-7,10,13-14,16-17H,8-9,11-12,15H2,1H3,(H,27,31). The van der Waals surface area contributed by atoms with Gasteiger partial charge >= 0.3 is 0 Å². The maximum atomic E-state index is 12.7. The first kappa shape index (κ1) is 19.4. The van der Waals surface area contributed by atoms with Gasteiger partial charge in [0.05, 0.1) is 29.5 Å². The number of nitrogens with zero attached hydrogens (tertiary/aromatic N) is 6. The van der Waals surface area contributed by atoms with Crippen LogP contribution >= 0.6 is 0 Å². The third-order valence-corrected chi connectivity index (χ3v) is 5.96. The summed E-state index contributed by atoms with van der Waals surface area (Å²) >= 11 is 0. The normalized spacial score (nSPS) is 15.4. The van der Waals surface area contributed by atoms with E-state index in [9.17, 15) is 4.79 Å². The van der Waals surface area contributed by atoms with E-state index in [0.717, 1.165) is 55.2 Å². The van der Waals surface area contributed by atoms with Crippen LogP contribution in [0.15, 0.2) is 61.3 Å². The molecule has 0 spiro atoms. The molecule has 1 amide bonds. The third kappa shape index (κ3) is 4.06. The van der Waals surface area contributed by atoms with Gasteiger partial charge in [-0.25, -0.2) is 15.0 Å². The van der Waals surface area contributed by atoms with Crippen LogP contribution in [0.3, 0.4) is 0 Å². The Morgan fingerprint density at radius 3 is 2.68 bits per heavy atom. The molecule has 1 N–H and O–H groups in total. The molecule has 0 aliphatic carbocycles. The van der Waals surface area contributed by atoms with E-state index in [-0.39, 0.29) is 11.8 Å². The topological polar surface area (TPSA) is 80.9 Å². The lowest BCUT2D eigenvalue weighted by Gasteiger charge is -2.30. The molecule has 5 rings (SSSR count). The second kappa shape index (κ2) is 8.31. The van der Waals surface area contributed by atoms with E-state index < -0.39 is 0 Å². The van der Waals surface area contributed by atoms with E-state index in [1.54, 1.807) is 12.5 Å². The summed E-state index contributed by atoms with van der Waals surface area (Å²) in [5.41, 5.74) is 2.65. The molecule has 8 nitrogen and oxygen atoms in total. The number of benzene rings is 1. The molecule has 1 saturated heterocycles. The molecule has 0 atom stereocenters. The largest absolute Gasteiger partial charge is 0.337 e. The lowest BCUT2D eigenvalue weighted by Crippen LogP contribution is -2.38. The van der Waals surface area contributed by atoms with Gasteiger partial charge in [-0.05, 0) is 50.2 Å². The van der Waals surface area contributed by atoms with Gasteiger partial charge in [0, 0.05) is 25.4 Å². The van der Waals surface area contributed by atoms with Crippen molar-refractivity contribution in [3.8, 4) is 5.82 Å². The maximum Gasteiger partial charge on any atom is 0.227 e. The van der Waals surface area contributed by atoms with Crippen molar-refractivity contribution in [3.63, 3.8) is 0 Å². The van der Waals surface area contributed by atoms with Gasteiger partial charge < -0.3 is 9.88 Å². The molecule has 0 unspecified atom stereocenters. The smallest absolute Gasteiger partial charge is 0.227 e. The Morgan fingerprint density at radius 2 is 1.94 bits per heavy atom. The number of aryl methyl sites for hydroxylation is 1. The number of rotatable bonds is 5. The van der Waals surface area contributed by atoms with Crippen LogP contribution < -0.4 is 5.32 Å². The minimum atomic E-state index is 0.0230. The minimum Gasteiger partial charge on any atom is -0.337 e. The van der Waals surface area contributed by atoms with Crippen molar-refractivity contribution in [1.29, 1.82) is 0 Å². The molecule has 8 heteroatoms. The van der Waals surface area contributed by atoms with Crippen molar-refractivity contribution in [1.82, 2.24) is 29.0 Å². The molecule has 4 aromatic rings. The van der Waals surface area contributed by atoms with Crippen LogP contribution in [0.1, 0.15) is 18.7 Å². The number of amides is 1. The quantitative estimate of drug-likeness (QED) is 0.542. The van der Waals surface area contributed by atoms with E-state index in [1.165, 1.54) is 0 Å². The highest BCUT2D eigenvalue weighted by molar-refractivity contribution is 5.92. The number of anilines is 1. The van der Waals surface area contributed by atoms with Gasteiger partial charge in [0.25, 0.3) is 0 Å². The van der Waals surface area contributed by atoms with E-state index in [2.05, 4.69) is 25.2 Å². The van der Waals surface area contributed by atoms with Gasteiger partial charge in [-0.15, -0.1) is 0 Å². The zero-order chi connectivity index (χ0) is 21.2. The van der Waals surface area contributed by atoms with Gasteiger partial charge in [0.2, 0.25) is 5.91 Å². The molecule has 1 aliphatic rings. The van der Waals surface area contributed by atoms with Gasteiger partial charge in [0.1, 0.15) is 18.0 Å². The van der Waals surface area contributed by atoms with Gasteiger partial charge in [-0.3, -0.25) is 14.3 Å². The van der Waals surface area contributed by atoms with Gasteiger partial charge in [-0.1, -0.05) is 12.1 Å². The number of carbonyl (C=O) groups is 1. The van der Waals surface area contributed by atoms with Crippen LogP contribution in [-0.4, -0.2) is 48.0 Å². The molecule has 158 valence electrons. The highest BCUT2D eigenvalue weighted by Crippen LogP contribution is 2.22. The lowest BCUT2D eigenvalue weighted by molar-refractivity contribution is -0.121.